The van der Waals surface area contributed by atoms with Crippen molar-refractivity contribution in [2.45, 2.75) is 19.9 Å². The Morgan fingerprint density at radius 1 is 1.42 bits per heavy atom. The summed E-state index contributed by atoms with van der Waals surface area (Å²) < 4.78 is 0. The lowest BCUT2D eigenvalue weighted by molar-refractivity contribution is -0.134. The molecule has 12 heavy (non-hydrogen) atoms. The minimum atomic E-state index is -0.0649. The van der Waals surface area contributed by atoms with E-state index in [1.54, 1.807) is 0 Å². The maximum atomic E-state index is 11.6. The average Bonchev–Trinajstić information content (AvgIpc) is 2.53. The molecule has 2 N–H and O–H groups in total. The van der Waals surface area contributed by atoms with Crippen LogP contribution in [0.2, 0.25) is 0 Å². The van der Waals surface area contributed by atoms with Crippen molar-refractivity contribution in [3.05, 3.63) is 12.2 Å². The molecule has 2 atom stereocenters. The fourth-order valence-electron chi connectivity index (χ4n) is 1.17. The van der Waals surface area contributed by atoms with Crippen molar-refractivity contribution in [1.29, 1.82) is 0 Å². The van der Waals surface area contributed by atoms with Gasteiger partial charge in [-0.2, -0.15) is 0 Å². The summed E-state index contributed by atoms with van der Waals surface area (Å²) in [4.78, 5) is 13.4. The quantitative estimate of drug-likeness (QED) is 0.605. The standard InChI is InChI=1S/C9H16N2O/c1-7(8(2)10)9(12)11-5-3-4-6-11/h3-4,7-8H,5-6,10H2,1-2H3. The SMILES string of the molecule is CC(N)C(C)C(=O)N1CC=CC1. The number of carbonyl (C=O) groups excluding carboxylic acids is 1. The Kier molecular flexibility index (Phi) is 2.87. The van der Waals surface area contributed by atoms with Crippen LogP contribution in [-0.2, 0) is 4.79 Å². The Labute approximate surface area is 73.2 Å². The molecule has 3 nitrogen and oxygen atoms in total. The molecule has 2 unspecified atom stereocenters. The third kappa shape index (κ3) is 1.85. The molecule has 1 rings (SSSR count). The fourth-order valence-corrected chi connectivity index (χ4v) is 1.17. The molecule has 1 aliphatic rings. The Morgan fingerprint density at radius 3 is 2.33 bits per heavy atom. The van der Waals surface area contributed by atoms with Crippen LogP contribution in [0.5, 0.6) is 0 Å². The molecule has 0 fully saturated rings. The van der Waals surface area contributed by atoms with Crippen LogP contribution in [0.3, 0.4) is 0 Å². The number of hydrogen-bond acceptors (Lipinski definition) is 2. The van der Waals surface area contributed by atoms with Gasteiger partial charge in [0.15, 0.2) is 0 Å². The Hall–Kier alpha value is -0.830. The highest BCUT2D eigenvalue weighted by molar-refractivity contribution is 5.79. The molecule has 0 spiro atoms. The van der Waals surface area contributed by atoms with Crippen molar-refractivity contribution in [2.24, 2.45) is 11.7 Å². The van der Waals surface area contributed by atoms with Crippen molar-refractivity contribution in [3.63, 3.8) is 0 Å². The van der Waals surface area contributed by atoms with Crippen LogP contribution in [0.1, 0.15) is 13.8 Å². The van der Waals surface area contributed by atoms with Gasteiger partial charge in [0.2, 0.25) is 5.91 Å². The van der Waals surface area contributed by atoms with Crippen molar-refractivity contribution in [1.82, 2.24) is 4.90 Å². The van der Waals surface area contributed by atoms with Gasteiger partial charge < -0.3 is 10.6 Å². The largest absolute Gasteiger partial charge is 0.335 e. The van der Waals surface area contributed by atoms with E-state index in [0.717, 1.165) is 13.1 Å². The Morgan fingerprint density at radius 2 is 1.92 bits per heavy atom. The van der Waals surface area contributed by atoms with Crippen LogP contribution in [0.15, 0.2) is 12.2 Å². The molecule has 3 heteroatoms. The van der Waals surface area contributed by atoms with Gasteiger partial charge in [-0.15, -0.1) is 0 Å². The normalized spacial score (nSPS) is 21.1. The maximum absolute atomic E-state index is 11.6. The lowest BCUT2D eigenvalue weighted by Crippen LogP contribution is -2.40. The van der Waals surface area contributed by atoms with E-state index in [1.807, 2.05) is 30.9 Å². The molecule has 0 saturated carbocycles. The molecular weight excluding hydrogens is 152 g/mol. The third-order valence-corrected chi connectivity index (χ3v) is 2.31. The first-order valence-electron chi connectivity index (χ1n) is 4.32. The maximum Gasteiger partial charge on any atom is 0.227 e. The first-order chi connectivity index (χ1) is 5.63. The summed E-state index contributed by atoms with van der Waals surface area (Å²) in [6.07, 6.45) is 4.01. The minimum absolute atomic E-state index is 0.0573. The van der Waals surface area contributed by atoms with Gasteiger partial charge in [-0.1, -0.05) is 19.1 Å². The van der Waals surface area contributed by atoms with Gasteiger partial charge in [0.05, 0.1) is 5.92 Å². The molecule has 0 aromatic heterocycles. The van der Waals surface area contributed by atoms with Crippen LogP contribution in [0.4, 0.5) is 0 Å². The fraction of sp³-hybridized carbons (Fsp3) is 0.667. The van der Waals surface area contributed by atoms with Crippen molar-refractivity contribution >= 4 is 5.91 Å². The number of carbonyl (C=O) groups is 1. The summed E-state index contributed by atoms with van der Waals surface area (Å²) in [5.74, 6) is 0.0971. The van der Waals surface area contributed by atoms with Crippen LogP contribution in [-0.4, -0.2) is 29.9 Å². The van der Waals surface area contributed by atoms with Gasteiger partial charge in [-0.3, -0.25) is 4.79 Å². The summed E-state index contributed by atoms with van der Waals surface area (Å²) in [6.45, 7) is 5.24. The van der Waals surface area contributed by atoms with E-state index < -0.39 is 0 Å². The van der Waals surface area contributed by atoms with Crippen molar-refractivity contribution in [2.75, 3.05) is 13.1 Å². The number of nitrogens with zero attached hydrogens (tertiary/aromatic N) is 1. The molecule has 1 aliphatic heterocycles. The lowest BCUT2D eigenvalue weighted by atomic mass is 10.0. The van der Waals surface area contributed by atoms with Gasteiger partial charge in [-0.25, -0.2) is 0 Å². The molecule has 0 saturated heterocycles. The molecule has 1 heterocycles. The second-order valence-electron chi connectivity index (χ2n) is 3.36. The highest BCUT2D eigenvalue weighted by atomic mass is 16.2. The lowest BCUT2D eigenvalue weighted by Gasteiger charge is -2.22. The molecule has 68 valence electrons. The van der Waals surface area contributed by atoms with E-state index in [1.165, 1.54) is 0 Å². The second-order valence-corrected chi connectivity index (χ2v) is 3.36. The molecular formula is C9H16N2O. The van der Waals surface area contributed by atoms with E-state index >= 15 is 0 Å². The predicted octanol–water partition coefficient (Wildman–Crippen LogP) is 0.368. The minimum Gasteiger partial charge on any atom is -0.335 e. The van der Waals surface area contributed by atoms with Gasteiger partial charge in [-0.05, 0) is 6.92 Å². The molecule has 0 bridgehead atoms. The molecule has 1 amide bonds. The summed E-state index contributed by atoms with van der Waals surface area (Å²) >= 11 is 0. The first-order valence-corrected chi connectivity index (χ1v) is 4.32. The van der Waals surface area contributed by atoms with E-state index in [2.05, 4.69) is 0 Å². The van der Waals surface area contributed by atoms with Crippen LogP contribution in [0.25, 0.3) is 0 Å². The summed E-state index contributed by atoms with van der Waals surface area (Å²) in [5.41, 5.74) is 5.64. The number of hydrogen-bond donors (Lipinski definition) is 1. The van der Waals surface area contributed by atoms with Crippen LogP contribution < -0.4 is 5.73 Å². The highest BCUT2D eigenvalue weighted by Crippen LogP contribution is 2.08. The molecule has 0 radical (unpaired) electrons. The predicted molar refractivity (Wildman–Crippen MR) is 48.5 cm³/mol. The Bertz CT molecular complexity index is 187. The van der Waals surface area contributed by atoms with E-state index in [-0.39, 0.29) is 17.9 Å². The second kappa shape index (κ2) is 3.72. The van der Waals surface area contributed by atoms with Crippen LogP contribution in [0, 0.1) is 5.92 Å². The smallest absolute Gasteiger partial charge is 0.227 e. The summed E-state index contributed by atoms with van der Waals surface area (Å²) in [6, 6.07) is -0.0573. The average molecular weight is 168 g/mol. The van der Waals surface area contributed by atoms with Gasteiger partial charge >= 0.3 is 0 Å². The van der Waals surface area contributed by atoms with E-state index in [9.17, 15) is 4.79 Å². The molecule has 0 aromatic carbocycles. The monoisotopic (exact) mass is 168 g/mol. The first kappa shape index (κ1) is 9.26. The number of amides is 1. The van der Waals surface area contributed by atoms with Crippen LogP contribution >= 0.6 is 0 Å². The van der Waals surface area contributed by atoms with Crippen molar-refractivity contribution < 1.29 is 4.79 Å². The number of nitrogens with two attached hydrogens (primary N) is 1. The topological polar surface area (TPSA) is 46.3 Å². The van der Waals surface area contributed by atoms with E-state index in [0.29, 0.717) is 0 Å². The number of rotatable bonds is 2. The summed E-state index contributed by atoms with van der Waals surface area (Å²) in [7, 11) is 0. The highest BCUT2D eigenvalue weighted by Gasteiger charge is 2.23. The zero-order chi connectivity index (χ0) is 9.14. The van der Waals surface area contributed by atoms with E-state index in [4.69, 9.17) is 5.73 Å². The summed E-state index contributed by atoms with van der Waals surface area (Å²) in [5, 5.41) is 0. The van der Waals surface area contributed by atoms with Crippen molar-refractivity contribution in [3.8, 4) is 0 Å². The molecule has 0 aliphatic carbocycles. The third-order valence-electron chi connectivity index (χ3n) is 2.31. The van der Waals surface area contributed by atoms with Gasteiger partial charge in [0.25, 0.3) is 0 Å². The molecule has 0 aromatic rings. The van der Waals surface area contributed by atoms with Gasteiger partial charge in [0.1, 0.15) is 0 Å². The zero-order valence-electron chi connectivity index (χ0n) is 7.66. The Balaban J connectivity index is 2.47. The zero-order valence-corrected chi connectivity index (χ0v) is 7.66. The van der Waals surface area contributed by atoms with Gasteiger partial charge in [0, 0.05) is 19.1 Å².